The molecule has 2 heterocycles. The summed E-state index contributed by atoms with van der Waals surface area (Å²) < 4.78 is 15.4. The molecular formula is C20H18N2O7. The number of fused-ring (bicyclic) bond motifs is 2. The van der Waals surface area contributed by atoms with Crippen LogP contribution in [0.5, 0.6) is 11.5 Å². The molecule has 4 rings (SSSR count). The Morgan fingerprint density at radius 2 is 1.97 bits per heavy atom. The number of nitrogens with zero attached hydrogens (tertiary/aromatic N) is 2. The second kappa shape index (κ2) is 7.42. The molecule has 1 atom stereocenters. The average Bonchev–Trinajstić information content (AvgIpc) is 3.18. The number of carbonyl (C=O) groups is 2. The van der Waals surface area contributed by atoms with Gasteiger partial charge in [-0.25, -0.2) is 4.79 Å². The Balaban J connectivity index is 1.52. The van der Waals surface area contributed by atoms with Crippen LogP contribution < -0.4 is 14.4 Å². The second-order valence-electron chi connectivity index (χ2n) is 6.84. The lowest BCUT2D eigenvalue weighted by molar-refractivity contribution is -0.385. The number of benzene rings is 2. The van der Waals surface area contributed by atoms with Gasteiger partial charge in [0.25, 0.3) is 11.6 Å². The standard InChI is InChI=1S/C20H18N2O7/c1-12-6-7-13-4-2-3-5-15(13)21(12)19(23)10-27-20(24)14-8-17-18(29-11-28-17)9-16(14)22(25)26/h2-5,8-9,12H,6-7,10-11H2,1H3. The summed E-state index contributed by atoms with van der Waals surface area (Å²) >= 11 is 0. The van der Waals surface area contributed by atoms with Gasteiger partial charge >= 0.3 is 5.97 Å². The topological polar surface area (TPSA) is 108 Å². The minimum atomic E-state index is -0.971. The van der Waals surface area contributed by atoms with Crippen molar-refractivity contribution in [1.82, 2.24) is 0 Å². The quantitative estimate of drug-likeness (QED) is 0.443. The lowest BCUT2D eigenvalue weighted by Gasteiger charge is -2.35. The summed E-state index contributed by atoms with van der Waals surface area (Å²) in [6.07, 6.45) is 1.66. The minimum absolute atomic E-state index is 0.0454. The highest BCUT2D eigenvalue weighted by Crippen LogP contribution is 2.38. The van der Waals surface area contributed by atoms with E-state index in [0.29, 0.717) is 0 Å². The molecule has 9 heteroatoms. The third-order valence-electron chi connectivity index (χ3n) is 5.03. The first-order chi connectivity index (χ1) is 14.0. The van der Waals surface area contributed by atoms with Gasteiger partial charge in [0.1, 0.15) is 5.56 Å². The molecule has 0 N–H and O–H groups in total. The molecule has 29 heavy (non-hydrogen) atoms. The fourth-order valence-corrected chi connectivity index (χ4v) is 3.59. The Kier molecular flexibility index (Phi) is 4.79. The number of amides is 1. The van der Waals surface area contributed by atoms with E-state index in [9.17, 15) is 19.7 Å². The molecule has 0 spiro atoms. The van der Waals surface area contributed by atoms with Gasteiger partial charge < -0.3 is 19.1 Å². The van der Waals surface area contributed by atoms with Crippen LogP contribution in [0.15, 0.2) is 36.4 Å². The van der Waals surface area contributed by atoms with Gasteiger partial charge in [-0.3, -0.25) is 14.9 Å². The number of nitro benzene ring substituents is 1. The Labute approximate surface area is 165 Å². The van der Waals surface area contributed by atoms with E-state index in [0.717, 1.165) is 30.2 Å². The van der Waals surface area contributed by atoms with Crippen LogP contribution in [0.2, 0.25) is 0 Å². The highest BCUT2D eigenvalue weighted by Gasteiger charge is 2.31. The second-order valence-corrected chi connectivity index (χ2v) is 6.84. The van der Waals surface area contributed by atoms with Crippen LogP contribution in [0.4, 0.5) is 11.4 Å². The normalized spacial score (nSPS) is 16.9. The van der Waals surface area contributed by atoms with Crippen molar-refractivity contribution in [2.24, 2.45) is 0 Å². The molecule has 0 aliphatic carbocycles. The SMILES string of the molecule is CC1CCc2ccccc2N1C(=O)COC(=O)c1cc2c(cc1[N+](=O)[O-])OCO2. The Bertz CT molecular complexity index is 1000. The van der Waals surface area contributed by atoms with E-state index in [1.54, 1.807) is 4.90 Å². The first kappa shape index (κ1) is 18.7. The van der Waals surface area contributed by atoms with Gasteiger partial charge in [-0.2, -0.15) is 0 Å². The molecule has 150 valence electrons. The maximum absolute atomic E-state index is 12.8. The van der Waals surface area contributed by atoms with Gasteiger partial charge in [-0.05, 0) is 31.4 Å². The summed E-state index contributed by atoms with van der Waals surface area (Å²) in [6, 6.07) is 9.85. The highest BCUT2D eigenvalue weighted by molar-refractivity contribution is 6.00. The number of aryl methyl sites for hydroxylation is 1. The molecule has 2 aliphatic rings. The number of ether oxygens (including phenoxy) is 3. The lowest BCUT2D eigenvalue weighted by Crippen LogP contribution is -2.44. The number of para-hydroxylation sites is 1. The summed E-state index contributed by atoms with van der Waals surface area (Å²) in [5.41, 5.74) is 1.08. The first-order valence-electron chi connectivity index (χ1n) is 9.11. The average molecular weight is 398 g/mol. The predicted molar refractivity (Wildman–Crippen MR) is 101 cm³/mol. The molecule has 1 unspecified atom stereocenters. The number of carbonyl (C=O) groups excluding carboxylic acids is 2. The third kappa shape index (κ3) is 3.46. The molecule has 2 aromatic carbocycles. The number of hydrogen-bond donors (Lipinski definition) is 0. The molecule has 0 bridgehead atoms. The summed E-state index contributed by atoms with van der Waals surface area (Å²) in [5, 5.41) is 11.3. The Morgan fingerprint density at radius 3 is 2.72 bits per heavy atom. The summed E-state index contributed by atoms with van der Waals surface area (Å²) in [6.45, 7) is 1.32. The maximum Gasteiger partial charge on any atom is 0.345 e. The Morgan fingerprint density at radius 1 is 1.24 bits per heavy atom. The molecule has 9 nitrogen and oxygen atoms in total. The van der Waals surface area contributed by atoms with E-state index < -0.39 is 23.2 Å². The minimum Gasteiger partial charge on any atom is -0.454 e. The van der Waals surface area contributed by atoms with Crippen molar-refractivity contribution < 1.29 is 28.7 Å². The zero-order chi connectivity index (χ0) is 20.5. The number of rotatable bonds is 4. The fourth-order valence-electron chi connectivity index (χ4n) is 3.59. The fraction of sp³-hybridized carbons (Fsp3) is 0.300. The predicted octanol–water partition coefficient (Wildman–Crippen LogP) is 2.85. The molecule has 1 amide bonds. The number of nitro groups is 1. The van der Waals surface area contributed by atoms with Crippen LogP contribution in [-0.4, -0.2) is 36.2 Å². The van der Waals surface area contributed by atoms with E-state index in [1.807, 2.05) is 31.2 Å². The molecule has 2 aromatic rings. The van der Waals surface area contributed by atoms with Crippen LogP contribution >= 0.6 is 0 Å². The van der Waals surface area contributed by atoms with Crippen LogP contribution in [-0.2, 0) is 16.0 Å². The first-order valence-corrected chi connectivity index (χ1v) is 9.11. The van der Waals surface area contributed by atoms with E-state index in [4.69, 9.17) is 14.2 Å². The van der Waals surface area contributed by atoms with Crippen molar-refractivity contribution in [3.8, 4) is 11.5 Å². The van der Waals surface area contributed by atoms with Crippen molar-refractivity contribution in [3.05, 3.63) is 57.6 Å². The monoisotopic (exact) mass is 398 g/mol. The van der Waals surface area contributed by atoms with Crippen molar-refractivity contribution in [1.29, 1.82) is 0 Å². The number of esters is 1. The summed E-state index contributed by atoms with van der Waals surface area (Å²) in [7, 11) is 0. The van der Waals surface area contributed by atoms with Crippen molar-refractivity contribution in [2.75, 3.05) is 18.3 Å². The van der Waals surface area contributed by atoms with Gasteiger partial charge in [-0.15, -0.1) is 0 Å². The molecule has 0 saturated heterocycles. The van der Waals surface area contributed by atoms with Crippen LogP contribution in [0.1, 0.15) is 29.3 Å². The zero-order valence-corrected chi connectivity index (χ0v) is 15.6. The molecule has 0 aromatic heterocycles. The number of hydrogen-bond acceptors (Lipinski definition) is 7. The lowest BCUT2D eigenvalue weighted by atomic mass is 9.96. The third-order valence-corrected chi connectivity index (χ3v) is 5.03. The summed E-state index contributed by atoms with van der Waals surface area (Å²) in [4.78, 5) is 37.5. The van der Waals surface area contributed by atoms with E-state index in [-0.39, 0.29) is 35.8 Å². The highest BCUT2D eigenvalue weighted by atomic mass is 16.7. The Hall–Kier alpha value is -3.62. The molecule has 2 aliphatic heterocycles. The molecule has 0 fully saturated rings. The van der Waals surface area contributed by atoms with Gasteiger partial charge in [0.15, 0.2) is 18.1 Å². The van der Waals surface area contributed by atoms with Crippen LogP contribution in [0, 0.1) is 10.1 Å². The largest absolute Gasteiger partial charge is 0.454 e. The molecule has 0 radical (unpaired) electrons. The van der Waals surface area contributed by atoms with Gasteiger partial charge in [-0.1, -0.05) is 18.2 Å². The van der Waals surface area contributed by atoms with Crippen LogP contribution in [0.3, 0.4) is 0 Å². The van der Waals surface area contributed by atoms with Crippen molar-refractivity contribution >= 4 is 23.3 Å². The van der Waals surface area contributed by atoms with E-state index in [2.05, 4.69) is 0 Å². The summed E-state index contributed by atoms with van der Waals surface area (Å²) in [5.74, 6) is -0.960. The molecule has 0 saturated carbocycles. The van der Waals surface area contributed by atoms with E-state index >= 15 is 0 Å². The molecular weight excluding hydrogens is 380 g/mol. The zero-order valence-electron chi connectivity index (χ0n) is 15.6. The van der Waals surface area contributed by atoms with Crippen molar-refractivity contribution in [3.63, 3.8) is 0 Å². The smallest absolute Gasteiger partial charge is 0.345 e. The van der Waals surface area contributed by atoms with E-state index in [1.165, 1.54) is 6.07 Å². The van der Waals surface area contributed by atoms with Crippen LogP contribution in [0.25, 0.3) is 0 Å². The van der Waals surface area contributed by atoms with Gasteiger partial charge in [0.2, 0.25) is 6.79 Å². The van der Waals surface area contributed by atoms with Gasteiger partial charge in [0.05, 0.1) is 11.0 Å². The van der Waals surface area contributed by atoms with Gasteiger partial charge in [0, 0.05) is 17.8 Å². The number of anilines is 1. The van der Waals surface area contributed by atoms with Crippen molar-refractivity contribution in [2.45, 2.75) is 25.8 Å². The maximum atomic E-state index is 12.8.